The Hall–Kier alpha value is -1.69. The summed E-state index contributed by atoms with van der Waals surface area (Å²) in [5.74, 6) is -0.863. The molecule has 0 amide bonds. The van der Waals surface area contributed by atoms with Gasteiger partial charge in [-0.1, -0.05) is 6.07 Å². The summed E-state index contributed by atoms with van der Waals surface area (Å²) in [6, 6.07) is 3.89. The van der Waals surface area contributed by atoms with Gasteiger partial charge < -0.3 is 4.74 Å². The highest BCUT2D eigenvalue weighted by Crippen LogP contribution is 2.29. The molecule has 1 saturated heterocycles. The van der Waals surface area contributed by atoms with Gasteiger partial charge in [-0.05, 0) is 38.1 Å². The summed E-state index contributed by atoms with van der Waals surface area (Å²) in [6.07, 6.45) is 2.36. The van der Waals surface area contributed by atoms with Gasteiger partial charge in [0.05, 0.1) is 4.92 Å². The van der Waals surface area contributed by atoms with Gasteiger partial charge in [0.25, 0.3) is 0 Å². The van der Waals surface area contributed by atoms with Crippen LogP contribution in [0.15, 0.2) is 18.2 Å². The highest BCUT2D eigenvalue weighted by molar-refractivity contribution is 5.47. The minimum absolute atomic E-state index is 0.000744. The number of benzene rings is 1. The van der Waals surface area contributed by atoms with E-state index < -0.39 is 16.4 Å². The Kier molecular flexibility index (Phi) is 4.09. The van der Waals surface area contributed by atoms with Gasteiger partial charge in [-0.15, -0.1) is 0 Å². The topological polar surface area (TPSA) is 55.6 Å². The first-order valence-corrected chi connectivity index (χ1v) is 5.96. The van der Waals surface area contributed by atoms with Crippen molar-refractivity contribution in [2.45, 2.75) is 12.8 Å². The van der Waals surface area contributed by atoms with E-state index >= 15 is 0 Å². The number of hydrogen-bond donors (Lipinski definition) is 0. The molecule has 0 bridgehead atoms. The third-order valence-corrected chi connectivity index (χ3v) is 3.00. The Labute approximate surface area is 104 Å². The Morgan fingerprint density at radius 3 is 2.78 bits per heavy atom. The molecule has 18 heavy (non-hydrogen) atoms. The lowest BCUT2D eigenvalue weighted by molar-refractivity contribution is -0.388. The maximum Gasteiger partial charge on any atom is 0.346 e. The van der Waals surface area contributed by atoms with Crippen LogP contribution in [0.2, 0.25) is 0 Å². The maximum absolute atomic E-state index is 13.3. The number of nitro groups is 1. The van der Waals surface area contributed by atoms with Crippen molar-refractivity contribution in [3.05, 3.63) is 34.1 Å². The number of para-hydroxylation sites is 1. The molecule has 0 saturated carbocycles. The minimum atomic E-state index is -0.862. The third-order valence-electron chi connectivity index (χ3n) is 3.00. The number of rotatable bonds is 5. The Morgan fingerprint density at radius 1 is 1.39 bits per heavy atom. The van der Waals surface area contributed by atoms with Crippen LogP contribution >= 0.6 is 0 Å². The van der Waals surface area contributed by atoms with Crippen LogP contribution in [-0.4, -0.2) is 36.1 Å². The molecule has 1 aromatic carbocycles. The van der Waals surface area contributed by atoms with Crippen molar-refractivity contribution in [1.82, 2.24) is 4.90 Å². The van der Waals surface area contributed by atoms with Crippen molar-refractivity contribution in [2.24, 2.45) is 0 Å². The van der Waals surface area contributed by atoms with Gasteiger partial charge in [-0.2, -0.15) is 4.39 Å². The van der Waals surface area contributed by atoms with Gasteiger partial charge in [0.15, 0.2) is 5.75 Å². The van der Waals surface area contributed by atoms with Crippen LogP contribution in [-0.2, 0) is 0 Å². The van der Waals surface area contributed by atoms with Crippen molar-refractivity contribution >= 4 is 5.69 Å². The summed E-state index contributed by atoms with van der Waals surface area (Å²) in [4.78, 5) is 12.2. The first kappa shape index (κ1) is 12.8. The van der Waals surface area contributed by atoms with Gasteiger partial charge in [-0.25, -0.2) is 0 Å². The van der Waals surface area contributed by atoms with Gasteiger partial charge in [0.1, 0.15) is 6.61 Å². The lowest BCUT2D eigenvalue weighted by Gasteiger charge is -2.14. The molecule has 0 atom stereocenters. The van der Waals surface area contributed by atoms with Gasteiger partial charge in [-0.3, -0.25) is 15.0 Å². The van der Waals surface area contributed by atoms with Crippen LogP contribution in [0.4, 0.5) is 10.1 Å². The second kappa shape index (κ2) is 5.77. The van der Waals surface area contributed by atoms with E-state index in [1.807, 2.05) is 0 Å². The highest BCUT2D eigenvalue weighted by atomic mass is 19.1. The number of hydrogen-bond acceptors (Lipinski definition) is 4. The minimum Gasteiger partial charge on any atom is -0.485 e. The number of likely N-dealkylation sites (tertiary alicyclic amines) is 1. The van der Waals surface area contributed by atoms with Gasteiger partial charge in [0.2, 0.25) is 5.82 Å². The highest BCUT2D eigenvalue weighted by Gasteiger charge is 2.21. The lowest BCUT2D eigenvalue weighted by atomic mass is 10.3. The molecule has 2 rings (SSSR count). The van der Waals surface area contributed by atoms with E-state index in [4.69, 9.17) is 4.74 Å². The molecule has 1 aliphatic heterocycles. The molecule has 0 unspecified atom stereocenters. The monoisotopic (exact) mass is 254 g/mol. The molecule has 5 nitrogen and oxygen atoms in total. The smallest absolute Gasteiger partial charge is 0.346 e. The van der Waals surface area contributed by atoms with E-state index in [1.165, 1.54) is 25.0 Å². The summed E-state index contributed by atoms with van der Waals surface area (Å²) in [5, 5.41) is 10.7. The van der Waals surface area contributed by atoms with Gasteiger partial charge >= 0.3 is 5.69 Å². The van der Waals surface area contributed by atoms with Crippen molar-refractivity contribution in [3.8, 4) is 5.75 Å². The molecule has 98 valence electrons. The van der Waals surface area contributed by atoms with Crippen molar-refractivity contribution in [3.63, 3.8) is 0 Å². The summed E-state index contributed by atoms with van der Waals surface area (Å²) in [7, 11) is 0. The van der Waals surface area contributed by atoms with Crippen molar-refractivity contribution < 1.29 is 14.1 Å². The first-order valence-electron chi connectivity index (χ1n) is 5.96. The molecule has 1 heterocycles. The van der Waals surface area contributed by atoms with E-state index in [2.05, 4.69) is 4.90 Å². The fourth-order valence-electron chi connectivity index (χ4n) is 2.08. The molecule has 0 radical (unpaired) electrons. The fraction of sp³-hybridized carbons (Fsp3) is 0.500. The second-order valence-electron chi connectivity index (χ2n) is 4.24. The maximum atomic E-state index is 13.3. The zero-order chi connectivity index (χ0) is 13.0. The lowest BCUT2D eigenvalue weighted by Crippen LogP contribution is -2.25. The molecule has 1 fully saturated rings. The zero-order valence-corrected chi connectivity index (χ0v) is 9.97. The number of halogens is 1. The summed E-state index contributed by atoms with van der Waals surface area (Å²) in [6.45, 7) is 3.13. The zero-order valence-electron chi connectivity index (χ0n) is 9.97. The van der Waals surface area contributed by atoms with E-state index in [9.17, 15) is 14.5 Å². The summed E-state index contributed by atoms with van der Waals surface area (Å²) >= 11 is 0. The van der Waals surface area contributed by atoms with Crippen LogP contribution in [0.3, 0.4) is 0 Å². The first-order chi connectivity index (χ1) is 8.68. The third kappa shape index (κ3) is 2.95. The SMILES string of the molecule is O=[N+]([O-])c1c(F)cccc1OCCN1CCCC1. The van der Waals surface area contributed by atoms with E-state index in [-0.39, 0.29) is 5.75 Å². The van der Waals surface area contributed by atoms with E-state index in [0.717, 1.165) is 19.2 Å². The molecule has 0 spiro atoms. The second-order valence-corrected chi connectivity index (χ2v) is 4.24. The van der Waals surface area contributed by atoms with E-state index in [0.29, 0.717) is 13.2 Å². The fourth-order valence-corrected chi connectivity index (χ4v) is 2.08. The standard InChI is InChI=1S/C12H15FN2O3/c13-10-4-3-5-11(12(10)15(16)17)18-9-8-14-6-1-2-7-14/h3-5H,1-2,6-9H2. The largest absolute Gasteiger partial charge is 0.485 e. The molecule has 6 heteroatoms. The quantitative estimate of drug-likeness (QED) is 0.597. The summed E-state index contributed by atoms with van der Waals surface area (Å²) in [5.41, 5.74) is -0.584. The predicted molar refractivity (Wildman–Crippen MR) is 64.2 cm³/mol. The predicted octanol–water partition coefficient (Wildman–Crippen LogP) is 2.21. The average Bonchev–Trinajstić information content (AvgIpc) is 2.81. The van der Waals surface area contributed by atoms with Crippen LogP contribution in [0.5, 0.6) is 5.75 Å². The number of ether oxygens (including phenoxy) is 1. The summed E-state index contributed by atoms with van der Waals surface area (Å²) < 4.78 is 18.6. The average molecular weight is 254 g/mol. The molecule has 1 aliphatic rings. The molecular formula is C12H15FN2O3. The molecule has 0 aromatic heterocycles. The molecule has 0 N–H and O–H groups in total. The Morgan fingerprint density at radius 2 is 2.11 bits per heavy atom. The van der Waals surface area contributed by atoms with Crippen molar-refractivity contribution in [2.75, 3.05) is 26.2 Å². The van der Waals surface area contributed by atoms with Gasteiger partial charge in [0, 0.05) is 6.54 Å². The molecule has 1 aromatic rings. The normalized spacial score (nSPS) is 15.8. The molecular weight excluding hydrogens is 239 g/mol. The van der Waals surface area contributed by atoms with Crippen LogP contribution in [0.1, 0.15) is 12.8 Å². The Balaban J connectivity index is 1.96. The number of nitrogens with zero attached hydrogens (tertiary/aromatic N) is 2. The number of nitro benzene ring substituents is 1. The van der Waals surface area contributed by atoms with E-state index in [1.54, 1.807) is 0 Å². The van der Waals surface area contributed by atoms with Crippen LogP contribution < -0.4 is 4.74 Å². The van der Waals surface area contributed by atoms with Crippen molar-refractivity contribution in [1.29, 1.82) is 0 Å². The molecule has 0 aliphatic carbocycles. The van der Waals surface area contributed by atoms with Crippen LogP contribution in [0, 0.1) is 15.9 Å². The van der Waals surface area contributed by atoms with Crippen LogP contribution in [0.25, 0.3) is 0 Å². The Bertz CT molecular complexity index is 433.